The first-order valence-corrected chi connectivity index (χ1v) is 14.5. The van der Waals surface area contributed by atoms with E-state index >= 15 is 0 Å². The van der Waals surface area contributed by atoms with Crippen LogP contribution in [0.1, 0.15) is 167 Å². The molecule has 1 unspecified atom stereocenters. The molecule has 2 N–H and O–H groups in total. The highest BCUT2D eigenvalue weighted by Gasteiger charge is 2.30. The number of carboxylic acid groups (broad SMARTS) is 1. The summed E-state index contributed by atoms with van der Waals surface area (Å²) in [6.45, 7) is 14.7. The zero-order valence-corrected chi connectivity index (χ0v) is 24.1. The predicted octanol–water partition coefficient (Wildman–Crippen LogP) is 10.0. The summed E-state index contributed by atoms with van der Waals surface area (Å²) in [5.74, 6) is -1.01. The Balaban J connectivity index is 2.53. The Morgan fingerprint density at radius 1 is 0.686 bits per heavy atom. The van der Waals surface area contributed by atoms with Crippen LogP contribution in [0.3, 0.4) is 0 Å². The Morgan fingerprint density at radius 3 is 1.46 bits per heavy atom. The summed E-state index contributed by atoms with van der Waals surface area (Å²) in [5.41, 5.74) is 2.18. The second-order valence-electron chi connectivity index (χ2n) is 12.7. The molecule has 1 rings (SSSR count). The van der Waals surface area contributed by atoms with Crippen molar-refractivity contribution in [2.75, 3.05) is 0 Å². The minimum atomic E-state index is -0.754. The molecular formula is C32H56O3. The summed E-state index contributed by atoms with van der Waals surface area (Å²) >= 11 is 0. The van der Waals surface area contributed by atoms with Gasteiger partial charge in [0.05, 0.1) is 5.92 Å². The molecule has 0 aromatic heterocycles. The second-order valence-corrected chi connectivity index (χ2v) is 12.7. The smallest absolute Gasteiger partial charge is 0.310 e. The molecule has 0 spiro atoms. The SMILES string of the molecule is CCCCCCCCCCCCCCCCC(C(=O)O)c1cc(C(C)(C)C)c(O)cc1C(C)(C)C. The third kappa shape index (κ3) is 11.8. The monoisotopic (exact) mass is 488 g/mol. The predicted molar refractivity (Wildman–Crippen MR) is 151 cm³/mol. The summed E-state index contributed by atoms with van der Waals surface area (Å²) in [6, 6.07) is 3.79. The van der Waals surface area contributed by atoms with Gasteiger partial charge in [0.15, 0.2) is 0 Å². The van der Waals surface area contributed by atoms with Gasteiger partial charge in [-0.1, -0.05) is 144 Å². The number of hydrogen-bond acceptors (Lipinski definition) is 2. The van der Waals surface area contributed by atoms with E-state index in [4.69, 9.17) is 0 Å². The maximum absolute atomic E-state index is 12.3. The minimum Gasteiger partial charge on any atom is -0.508 e. The highest BCUT2D eigenvalue weighted by atomic mass is 16.4. The number of carbonyl (C=O) groups is 1. The number of benzene rings is 1. The fourth-order valence-corrected chi connectivity index (χ4v) is 5.10. The number of phenolic OH excluding ortho intramolecular Hbond substituents is 1. The van der Waals surface area contributed by atoms with Crippen LogP contribution < -0.4 is 0 Å². The third-order valence-corrected chi connectivity index (χ3v) is 7.30. The average molecular weight is 489 g/mol. The van der Waals surface area contributed by atoms with E-state index < -0.39 is 11.9 Å². The molecule has 0 fully saturated rings. The molecule has 0 bridgehead atoms. The van der Waals surface area contributed by atoms with Gasteiger partial charge in [0.25, 0.3) is 0 Å². The molecule has 0 saturated carbocycles. The van der Waals surface area contributed by atoms with Gasteiger partial charge in [-0.05, 0) is 40.0 Å². The van der Waals surface area contributed by atoms with Gasteiger partial charge in [0.1, 0.15) is 5.75 Å². The minimum absolute atomic E-state index is 0.230. The maximum Gasteiger partial charge on any atom is 0.310 e. The van der Waals surface area contributed by atoms with Crippen LogP contribution in [0.15, 0.2) is 12.1 Å². The van der Waals surface area contributed by atoms with Crippen molar-refractivity contribution < 1.29 is 15.0 Å². The Morgan fingerprint density at radius 2 is 1.09 bits per heavy atom. The van der Waals surface area contributed by atoms with Crippen molar-refractivity contribution in [3.8, 4) is 5.75 Å². The second kappa shape index (κ2) is 15.6. The number of aliphatic carboxylic acids is 1. The Hall–Kier alpha value is -1.51. The van der Waals surface area contributed by atoms with E-state index in [2.05, 4.69) is 48.5 Å². The molecule has 0 amide bonds. The van der Waals surface area contributed by atoms with Gasteiger partial charge >= 0.3 is 5.97 Å². The Labute approximate surface area is 217 Å². The van der Waals surface area contributed by atoms with E-state index in [0.717, 1.165) is 29.5 Å². The first-order valence-electron chi connectivity index (χ1n) is 14.5. The average Bonchev–Trinajstić information content (AvgIpc) is 2.75. The maximum atomic E-state index is 12.3. The van der Waals surface area contributed by atoms with Crippen LogP contribution in [0.5, 0.6) is 5.75 Å². The lowest BCUT2D eigenvalue weighted by molar-refractivity contribution is -0.139. The van der Waals surface area contributed by atoms with E-state index in [0.29, 0.717) is 6.42 Å². The largest absolute Gasteiger partial charge is 0.508 e. The number of unbranched alkanes of at least 4 members (excludes halogenated alkanes) is 13. The summed E-state index contributed by atoms with van der Waals surface area (Å²) in [7, 11) is 0. The van der Waals surface area contributed by atoms with Crippen molar-refractivity contribution in [1.82, 2.24) is 0 Å². The lowest BCUT2D eigenvalue weighted by Crippen LogP contribution is -2.22. The van der Waals surface area contributed by atoms with Gasteiger partial charge in [-0.2, -0.15) is 0 Å². The molecule has 3 nitrogen and oxygen atoms in total. The number of rotatable bonds is 17. The molecule has 0 saturated heterocycles. The normalized spacial score (nSPS) is 13.2. The quantitative estimate of drug-likeness (QED) is 0.214. The van der Waals surface area contributed by atoms with Gasteiger partial charge in [-0.3, -0.25) is 4.79 Å². The fourth-order valence-electron chi connectivity index (χ4n) is 5.10. The van der Waals surface area contributed by atoms with Crippen LogP contribution in [0, 0.1) is 0 Å². The number of phenols is 1. The Bertz CT molecular complexity index is 736. The van der Waals surface area contributed by atoms with E-state index in [1.165, 1.54) is 77.0 Å². The van der Waals surface area contributed by atoms with Gasteiger partial charge in [0, 0.05) is 0 Å². The van der Waals surface area contributed by atoms with Crippen molar-refractivity contribution in [1.29, 1.82) is 0 Å². The molecule has 35 heavy (non-hydrogen) atoms. The van der Waals surface area contributed by atoms with Crippen molar-refractivity contribution in [3.63, 3.8) is 0 Å². The highest BCUT2D eigenvalue weighted by molar-refractivity contribution is 5.77. The van der Waals surface area contributed by atoms with Crippen LogP contribution in [0.2, 0.25) is 0 Å². The Kier molecular flexibility index (Phi) is 14.0. The zero-order valence-electron chi connectivity index (χ0n) is 24.1. The zero-order chi connectivity index (χ0) is 26.5. The summed E-state index contributed by atoms with van der Waals surface area (Å²) in [5, 5.41) is 20.8. The molecule has 0 aliphatic carbocycles. The first-order chi connectivity index (χ1) is 16.4. The standard InChI is InChI=1S/C32H56O3/c1-8-9-10-11-12-13-14-15-16-17-18-19-20-21-22-25(30(34)35)26-23-28(32(5,6)7)29(33)24-27(26)31(2,3)4/h23-25,33H,8-22H2,1-7H3,(H,34,35). The van der Waals surface area contributed by atoms with E-state index in [1.807, 2.05) is 12.1 Å². The van der Waals surface area contributed by atoms with Crippen LogP contribution >= 0.6 is 0 Å². The van der Waals surface area contributed by atoms with Crippen molar-refractivity contribution in [2.45, 2.75) is 162 Å². The van der Waals surface area contributed by atoms with Gasteiger partial charge in [-0.25, -0.2) is 0 Å². The molecule has 0 heterocycles. The lowest BCUT2D eigenvalue weighted by Gasteiger charge is -2.30. The van der Waals surface area contributed by atoms with E-state index in [1.54, 1.807) is 0 Å². The molecule has 0 aliphatic heterocycles. The van der Waals surface area contributed by atoms with E-state index in [-0.39, 0.29) is 16.6 Å². The van der Waals surface area contributed by atoms with E-state index in [9.17, 15) is 15.0 Å². The summed E-state index contributed by atoms with van der Waals surface area (Å²) < 4.78 is 0. The molecule has 1 aromatic rings. The molecule has 1 aromatic carbocycles. The molecule has 202 valence electrons. The van der Waals surface area contributed by atoms with Crippen molar-refractivity contribution in [2.24, 2.45) is 0 Å². The van der Waals surface area contributed by atoms with Crippen LogP contribution in [-0.4, -0.2) is 16.2 Å². The molecule has 1 atom stereocenters. The molecule has 0 aliphatic rings. The first kappa shape index (κ1) is 31.5. The molecule has 3 heteroatoms. The number of hydrogen-bond donors (Lipinski definition) is 2. The van der Waals surface area contributed by atoms with Crippen LogP contribution in [0.4, 0.5) is 0 Å². The van der Waals surface area contributed by atoms with Gasteiger partial charge in [0.2, 0.25) is 0 Å². The van der Waals surface area contributed by atoms with Crippen molar-refractivity contribution >= 4 is 5.97 Å². The van der Waals surface area contributed by atoms with Gasteiger partial charge in [-0.15, -0.1) is 0 Å². The summed E-state index contributed by atoms with van der Waals surface area (Å²) in [4.78, 5) is 12.3. The van der Waals surface area contributed by atoms with Crippen molar-refractivity contribution in [3.05, 3.63) is 28.8 Å². The van der Waals surface area contributed by atoms with Crippen LogP contribution in [0.25, 0.3) is 0 Å². The molecular weight excluding hydrogens is 432 g/mol. The molecule has 0 radical (unpaired) electrons. The lowest BCUT2D eigenvalue weighted by atomic mass is 9.75. The fraction of sp³-hybridized carbons (Fsp3) is 0.781. The topological polar surface area (TPSA) is 57.5 Å². The summed E-state index contributed by atoms with van der Waals surface area (Å²) in [6.07, 6.45) is 18.8. The highest BCUT2D eigenvalue weighted by Crippen LogP contribution is 2.41. The third-order valence-electron chi connectivity index (χ3n) is 7.30. The van der Waals surface area contributed by atoms with Gasteiger partial charge < -0.3 is 10.2 Å². The number of carboxylic acids is 1. The number of aromatic hydroxyl groups is 1. The van der Waals surface area contributed by atoms with Crippen LogP contribution in [-0.2, 0) is 15.6 Å².